The maximum atomic E-state index is 11.8. The van der Waals surface area contributed by atoms with Gasteiger partial charge in [-0.3, -0.25) is 14.4 Å². The summed E-state index contributed by atoms with van der Waals surface area (Å²) in [7, 11) is -3.07. The molecule has 1 aliphatic heterocycles. The van der Waals surface area contributed by atoms with Crippen LogP contribution in [0, 0.1) is 0 Å². The Kier molecular flexibility index (Phi) is 5.91. The second kappa shape index (κ2) is 7.91. The zero-order chi connectivity index (χ0) is 17.6. The third-order valence-electron chi connectivity index (χ3n) is 3.49. The Balaban J connectivity index is 1.66. The van der Waals surface area contributed by atoms with Gasteiger partial charge in [0, 0.05) is 11.6 Å². The van der Waals surface area contributed by atoms with E-state index < -0.39 is 27.7 Å². The van der Waals surface area contributed by atoms with E-state index in [0.29, 0.717) is 12.0 Å². The largest absolute Gasteiger partial charge is 0.351 e. The van der Waals surface area contributed by atoms with Crippen molar-refractivity contribution in [1.82, 2.24) is 16.0 Å². The monoisotopic (exact) mass is 353 g/mol. The van der Waals surface area contributed by atoms with Crippen LogP contribution in [0.5, 0.6) is 0 Å². The first-order chi connectivity index (χ1) is 11.4. The minimum atomic E-state index is -3.07. The molecule has 1 heterocycles. The highest BCUT2D eigenvalue weighted by molar-refractivity contribution is 7.91. The average Bonchev–Trinajstić information content (AvgIpc) is 2.90. The molecule has 0 saturated carbocycles. The number of benzene rings is 1. The van der Waals surface area contributed by atoms with Crippen molar-refractivity contribution in [3.8, 4) is 0 Å². The molecule has 0 aromatic heterocycles. The normalized spacial score (nSPS) is 18.6. The van der Waals surface area contributed by atoms with Gasteiger partial charge in [0.2, 0.25) is 11.8 Å². The van der Waals surface area contributed by atoms with Gasteiger partial charge in [0.1, 0.15) is 0 Å². The van der Waals surface area contributed by atoms with E-state index in [9.17, 15) is 22.8 Å². The van der Waals surface area contributed by atoms with E-state index in [2.05, 4.69) is 16.0 Å². The lowest BCUT2D eigenvalue weighted by Gasteiger charge is -2.11. The lowest BCUT2D eigenvalue weighted by molar-refractivity contribution is -0.125. The molecule has 0 aliphatic carbocycles. The van der Waals surface area contributed by atoms with Crippen molar-refractivity contribution >= 4 is 27.6 Å². The molecule has 9 heteroatoms. The van der Waals surface area contributed by atoms with Gasteiger partial charge in [-0.25, -0.2) is 8.42 Å². The summed E-state index contributed by atoms with van der Waals surface area (Å²) in [5.74, 6) is -1.35. The van der Waals surface area contributed by atoms with Crippen molar-refractivity contribution in [3.05, 3.63) is 35.9 Å². The number of sulfone groups is 1. The molecule has 1 atom stereocenters. The molecule has 8 nitrogen and oxygen atoms in total. The van der Waals surface area contributed by atoms with E-state index >= 15 is 0 Å². The summed E-state index contributed by atoms with van der Waals surface area (Å²) in [5.41, 5.74) is 0.436. The standard InChI is InChI=1S/C15H19N3O5S/c19-13(8-17-15(21)11-4-2-1-3-5-11)16-9-14(20)18-12-6-7-24(22,23)10-12/h1-5,12H,6-10H2,(H,16,19)(H,17,21)(H,18,20)/t12-/m1/s1. The molecule has 1 saturated heterocycles. The van der Waals surface area contributed by atoms with Crippen LogP contribution >= 0.6 is 0 Å². The molecule has 3 amide bonds. The van der Waals surface area contributed by atoms with Gasteiger partial charge in [0.25, 0.3) is 5.91 Å². The van der Waals surface area contributed by atoms with Crippen LogP contribution in [0.3, 0.4) is 0 Å². The number of nitrogens with one attached hydrogen (secondary N) is 3. The minimum Gasteiger partial charge on any atom is -0.351 e. The zero-order valence-electron chi connectivity index (χ0n) is 12.9. The van der Waals surface area contributed by atoms with E-state index in [-0.39, 0.29) is 30.5 Å². The lowest BCUT2D eigenvalue weighted by Crippen LogP contribution is -2.44. The van der Waals surface area contributed by atoms with Crippen molar-refractivity contribution in [2.75, 3.05) is 24.6 Å². The Morgan fingerprint density at radius 3 is 2.29 bits per heavy atom. The van der Waals surface area contributed by atoms with Crippen LogP contribution in [0.4, 0.5) is 0 Å². The van der Waals surface area contributed by atoms with Crippen molar-refractivity contribution in [2.45, 2.75) is 12.5 Å². The number of amides is 3. The van der Waals surface area contributed by atoms with E-state index in [1.54, 1.807) is 30.3 Å². The third-order valence-corrected chi connectivity index (χ3v) is 5.26. The van der Waals surface area contributed by atoms with Gasteiger partial charge in [-0.05, 0) is 18.6 Å². The second-order valence-electron chi connectivity index (χ2n) is 5.49. The maximum absolute atomic E-state index is 11.8. The molecule has 1 aromatic rings. The molecule has 0 radical (unpaired) electrons. The Morgan fingerprint density at radius 2 is 1.67 bits per heavy atom. The minimum absolute atomic E-state index is 0.0653. The van der Waals surface area contributed by atoms with Crippen LogP contribution in [-0.2, 0) is 19.4 Å². The van der Waals surface area contributed by atoms with Crippen molar-refractivity contribution < 1.29 is 22.8 Å². The van der Waals surface area contributed by atoms with Crippen molar-refractivity contribution in [2.24, 2.45) is 0 Å². The molecule has 0 spiro atoms. The van der Waals surface area contributed by atoms with E-state index in [4.69, 9.17) is 0 Å². The van der Waals surface area contributed by atoms with Gasteiger partial charge in [0.05, 0.1) is 24.6 Å². The summed E-state index contributed by atoms with van der Waals surface area (Å²) >= 11 is 0. The molecular formula is C15H19N3O5S. The van der Waals surface area contributed by atoms with Gasteiger partial charge in [0.15, 0.2) is 9.84 Å². The van der Waals surface area contributed by atoms with Gasteiger partial charge < -0.3 is 16.0 Å². The topological polar surface area (TPSA) is 121 Å². The average molecular weight is 353 g/mol. The SMILES string of the molecule is O=C(CNC(=O)c1ccccc1)NCC(=O)N[C@@H]1CCS(=O)(=O)C1. The summed E-state index contributed by atoms with van der Waals surface area (Å²) in [4.78, 5) is 35.0. The first-order valence-corrected chi connectivity index (χ1v) is 9.27. The molecule has 1 aliphatic rings. The highest BCUT2D eigenvalue weighted by Crippen LogP contribution is 2.10. The summed E-state index contributed by atoms with van der Waals surface area (Å²) < 4.78 is 22.6. The number of carbonyl (C=O) groups excluding carboxylic acids is 3. The first-order valence-electron chi connectivity index (χ1n) is 7.45. The highest BCUT2D eigenvalue weighted by atomic mass is 32.2. The summed E-state index contributed by atoms with van der Waals surface area (Å²) in [6, 6.07) is 8.03. The quantitative estimate of drug-likeness (QED) is 0.595. The predicted molar refractivity (Wildman–Crippen MR) is 87.0 cm³/mol. The Labute approximate surface area is 139 Å². The molecule has 24 heavy (non-hydrogen) atoms. The molecular weight excluding hydrogens is 334 g/mol. The fourth-order valence-electron chi connectivity index (χ4n) is 2.28. The zero-order valence-corrected chi connectivity index (χ0v) is 13.8. The highest BCUT2D eigenvalue weighted by Gasteiger charge is 2.28. The fourth-order valence-corrected chi connectivity index (χ4v) is 3.95. The van der Waals surface area contributed by atoms with Crippen LogP contribution < -0.4 is 16.0 Å². The van der Waals surface area contributed by atoms with Gasteiger partial charge in [-0.1, -0.05) is 18.2 Å². The second-order valence-corrected chi connectivity index (χ2v) is 7.72. The van der Waals surface area contributed by atoms with Crippen molar-refractivity contribution in [1.29, 1.82) is 0 Å². The Morgan fingerprint density at radius 1 is 1.00 bits per heavy atom. The lowest BCUT2D eigenvalue weighted by atomic mass is 10.2. The van der Waals surface area contributed by atoms with Gasteiger partial charge in [-0.2, -0.15) is 0 Å². The molecule has 0 bridgehead atoms. The molecule has 0 unspecified atom stereocenters. The van der Waals surface area contributed by atoms with Crippen LogP contribution in [0.2, 0.25) is 0 Å². The number of carbonyl (C=O) groups is 3. The predicted octanol–water partition coefficient (Wildman–Crippen LogP) is -1.16. The first kappa shape index (κ1) is 17.9. The third kappa shape index (κ3) is 5.65. The van der Waals surface area contributed by atoms with Crippen LogP contribution in [0.15, 0.2) is 30.3 Å². The smallest absolute Gasteiger partial charge is 0.251 e. The van der Waals surface area contributed by atoms with Gasteiger partial charge >= 0.3 is 0 Å². The Hall–Kier alpha value is -2.42. The van der Waals surface area contributed by atoms with Gasteiger partial charge in [-0.15, -0.1) is 0 Å². The molecule has 1 fully saturated rings. The van der Waals surface area contributed by atoms with Crippen LogP contribution in [0.25, 0.3) is 0 Å². The molecule has 2 rings (SSSR count). The van der Waals surface area contributed by atoms with E-state index in [0.717, 1.165) is 0 Å². The van der Waals surface area contributed by atoms with E-state index in [1.807, 2.05) is 0 Å². The molecule has 130 valence electrons. The maximum Gasteiger partial charge on any atom is 0.251 e. The van der Waals surface area contributed by atoms with E-state index in [1.165, 1.54) is 0 Å². The summed E-state index contributed by atoms with van der Waals surface area (Å²) in [6.07, 6.45) is 0.384. The van der Waals surface area contributed by atoms with Crippen LogP contribution in [0.1, 0.15) is 16.8 Å². The number of rotatable bonds is 6. The molecule has 3 N–H and O–H groups in total. The molecule has 1 aromatic carbocycles. The fraction of sp³-hybridized carbons (Fsp3) is 0.400. The van der Waals surface area contributed by atoms with Crippen LogP contribution in [-0.4, -0.2) is 56.8 Å². The Bertz CT molecular complexity index is 718. The summed E-state index contributed by atoms with van der Waals surface area (Å²) in [5, 5.41) is 7.37. The summed E-state index contributed by atoms with van der Waals surface area (Å²) in [6.45, 7) is -0.518. The number of hydrogen-bond acceptors (Lipinski definition) is 5. The number of hydrogen-bond donors (Lipinski definition) is 3. The van der Waals surface area contributed by atoms with Crippen molar-refractivity contribution in [3.63, 3.8) is 0 Å².